The van der Waals surface area contributed by atoms with Gasteiger partial charge in [-0.15, -0.1) is 0 Å². The van der Waals surface area contributed by atoms with Gasteiger partial charge in [-0.1, -0.05) is 43.3 Å². The highest BCUT2D eigenvalue weighted by Crippen LogP contribution is 2.12. The second kappa shape index (κ2) is 7.93. The number of benzene rings is 1. The van der Waals surface area contributed by atoms with Gasteiger partial charge >= 0.3 is 11.8 Å². The lowest BCUT2D eigenvalue weighted by atomic mass is 10.0. The molecule has 5 heteroatoms. The molecule has 114 valence electrons. The van der Waals surface area contributed by atoms with Gasteiger partial charge in [0.1, 0.15) is 0 Å². The van der Waals surface area contributed by atoms with E-state index in [1.807, 2.05) is 43.3 Å². The van der Waals surface area contributed by atoms with E-state index in [4.69, 9.17) is 0 Å². The fraction of sp³-hybridized carbons (Fsp3) is 0.235. The standard InChI is InChI=1S/C17H19N3O2/c1-13(14-7-3-2-4-8-14)11-19-16(21)17(22)20-12-15-9-5-6-10-18-15/h2-10,13H,11-12H2,1H3,(H,19,21)(H,20,22)/t13-/m1/s1. The Balaban J connectivity index is 1.76. The summed E-state index contributed by atoms with van der Waals surface area (Å²) in [4.78, 5) is 27.5. The van der Waals surface area contributed by atoms with Crippen molar-refractivity contribution in [3.63, 3.8) is 0 Å². The normalized spacial score (nSPS) is 11.5. The van der Waals surface area contributed by atoms with Gasteiger partial charge in [-0.25, -0.2) is 0 Å². The molecule has 2 amide bonds. The van der Waals surface area contributed by atoms with Crippen molar-refractivity contribution in [3.05, 3.63) is 66.0 Å². The van der Waals surface area contributed by atoms with Crippen molar-refractivity contribution in [2.75, 3.05) is 6.54 Å². The third-order valence-electron chi connectivity index (χ3n) is 3.30. The molecular formula is C17H19N3O2. The lowest BCUT2D eigenvalue weighted by Gasteiger charge is -2.12. The maximum Gasteiger partial charge on any atom is 0.309 e. The number of nitrogens with one attached hydrogen (secondary N) is 2. The van der Waals surface area contributed by atoms with Gasteiger partial charge in [0.05, 0.1) is 12.2 Å². The topological polar surface area (TPSA) is 71.1 Å². The molecule has 2 aromatic rings. The number of nitrogens with zero attached hydrogens (tertiary/aromatic N) is 1. The maximum atomic E-state index is 11.8. The summed E-state index contributed by atoms with van der Waals surface area (Å²) in [6, 6.07) is 15.3. The molecule has 0 aliphatic rings. The lowest BCUT2D eigenvalue weighted by Crippen LogP contribution is -2.40. The highest BCUT2D eigenvalue weighted by molar-refractivity contribution is 6.35. The minimum Gasteiger partial charge on any atom is -0.347 e. The Morgan fingerprint density at radius 1 is 1.00 bits per heavy atom. The molecule has 0 aliphatic heterocycles. The Hall–Kier alpha value is -2.69. The van der Waals surface area contributed by atoms with Gasteiger partial charge in [-0.3, -0.25) is 14.6 Å². The van der Waals surface area contributed by atoms with Crippen molar-refractivity contribution >= 4 is 11.8 Å². The van der Waals surface area contributed by atoms with Crippen molar-refractivity contribution in [2.45, 2.75) is 19.4 Å². The summed E-state index contributed by atoms with van der Waals surface area (Å²) in [6.45, 7) is 2.66. The zero-order valence-electron chi connectivity index (χ0n) is 12.5. The van der Waals surface area contributed by atoms with Crippen molar-refractivity contribution in [1.29, 1.82) is 0 Å². The summed E-state index contributed by atoms with van der Waals surface area (Å²) in [5.41, 5.74) is 1.83. The Morgan fingerprint density at radius 3 is 2.36 bits per heavy atom. The van der Waals surface area contributed by atoms with Crippen LogP contribution in [0.1, 0.15) is 24.1 Å². The molecule has 1 atom stereocenters. The first-order valence-corrected chi connectivity index (χ1v) is 7.17. The van der Waals surface area contributed by atoms with Crippen LogP contribution in [0.4, 0.5) is 0 Å². The number of amides is 2. The highest BCUT2D eigenvalue weighted by atomic mass is 16.2. The first-order valence-electron chi connectivity index (χ1n) is 7.17. The first kappa shape index (κ1) is 15.7. The molecule has 0 saturated heterocycles. The van der Waals surface area contributed by atoms with E-state index in [9.17, 15) is 9.59 Å². The molecule has 2 N–H and O–H groups in total. The second-order valence-electron chi connectivity index (χ2n) is 5.03. The smallest absolute Gasteiger partial charge is 0.309 e. The second-order valence-corrected chi connectivity index (χ2v) is 5.03. The van der Waals surface area contributed by atoms with Gasteiger partial charge in [-0.2, -0.15) is 0 Å². The molecule has 0 aliphatic carbocycles. The van der Waals surface area contributed by atoms with Gasteiger partial charge in [-0.05, 0) is 23.6 Å². The number of carbonyl (C=O) groups excluding carboxylic acids is 2. The number of carbonyl (C=O) groups is 2. The first-order chi connectivity index (χ1) is 10.7. The highest BCUT2D eigenvalue weighted by Gasteiger charge is 2.14. The zero-order chi connectivity index (χ0) is 15.8. The summed E-state index contributed by atoms with van der Waals surface area (Å²) in [6.07, 6.45) is 1.64. The maximum absolute atomic E-state index is 11.8. The van der Waals surface area contributed by atoms with Crippen molar-refractivity contribution in [1.82, 2.24) is 15.6 Å². The third-order valence-corrected chi connectivity index (χ3v) is 3.30. The molecule has 0 bridgehead atoms. The van der Waals surface area contributed by atoms with Crippen LogP contribution in [0.2, 0.25) is 0 Å². The fourth-order valence-corrected chi connectivity index (χ4v) is 1.98. The molecular weight excluding hydrogens is 278 g/mol. The predicted octanol–water partition coefficient (Wildman–Crippen LogP) is 1.62. The van der Waals surface area contributed by atoms with Crippen molar-refractivity contribution < 1.29 is 9.59 Å². The predicted molar refractivity (Wildman–Crippen MR) is 84.0 cm³/mol. The Kier molecular flexibility index (Phi) is 5.65. The van der Waals surface area contributed by atoms with Crippen LogP contribution in [-0.2, 0) is 16.1 Å². The monoisotopic (exact) mass is 297 g/mol. The third kappa shape index (κ3) is 4.70. The van der Waals surface area contributed by atoms with Crippen LogP contribution < -0.4 is 10.6 Å². The molecule has 0 fully saturated rings. The van der Waals surface area contributed by atoms with Crippen LogP contribution in [0.3, 0.4) is 0 Å². The average Bonchev–Trinajstić information content (AvgIpc) is 2.58. The minimum atomic E-state index is -0.647. The van der Waals surface area contributed by atoms with E-state index in [1.165, 1.54) is 0 Å². The van der Waals surface area contributed by atoms with Gasteiger partial charge in [0.15, 0.2) is 0 Å². The number of pyridine rings is 1. The van der Waals surface area contributed by atoms with Crippen molar-refractivity contribution in [3.8, 4) is 0 Å². The summed E-state index contributed by atoms with van der Waals surface area (Å²) < 4.78 is 0. The molecule has 5 nitrogen and oxygen atoms in total. The SMILES string of the molecule is C[C@H](CNC(=O)C(=O)NCc1ccccn1)c1ccccc1. The molecule has 0 saturated carbocycles. The quantitative estimate of drug-likeness (QED) is 0.824. The molecule has 1 aromatic heterocycles. The number of rotatable bonds is 5. The number of hydrogen-bond donors (Lipinski definition) is 2. The number of hydrogen-bond acceptors (Lipinski definition) is 3. The molecule has 22 heavy (non-hydrogen) atoms. The molecule has 1 aromatic carbocycles. The van der Waals surface area contributed by atoms with Crippen LogP contribution in [0.15, 0.2) is 54.7 Å². The van der Waals surface area contributed by atoms with Crippen LogP contribution >= 0.6 is 0 Å². The molecule has 2 rings (SSSR count). The molecule has 0 unspecified atom stereocenters. The van der Waals surface area contributed by atoms with E-state index in [-0.39, 0.29) is 12.5 Å². The van der Waals surface area contributed by atoms with E-state index in [2.05, 4.69) is 15.6 Å². The van der Waals surface area contributed by atoms with E-state index in [1.54, 1.807) is 18.3 Å². The lowest BCUT2D eigenvalue weighted by molar-refractivity contribution is -0.139. The molecule has 1 heterocycles. The van der Waals surface area contributed by atoms with Crippen LogP contribution in [0, 0.1) is 0 Å². The minimum absolute atomic E-state index is 0.147. The molecule has 0 spiro atoms. The number of aromatic nitrogens is 1. The van der Waals surface area contributed by atoms with Gasteiger partial charge in [0, 0.05) is 12.7 Å². The fourth-order valence-electron chi connectivity index (χ4n) is 1.98. The van der Waals surface area contributed by atoms with E-state index >= 15 is 0 Å². The molecule has 0 radical (unpaired) electrons. The summed E-state index contributed by atoms with van der Waals surface area (Å²) >= 11 is 0. The van der Waals surface area contributed by atoms with Crippen LogP contribution in [-0.4, -0.2) is 23.3 Å². The van der Waals surface area contributed by atoms with Crippen LogP contribution in [0.5, 0.6) is 0 Å². The largest absolute Gasteiger partial charge is 0.347 e. The summed E-state index contributed by atoms with van der Waals surface area (Å²) in [7, 11) is 0. The van der Waals surface area contributed by atoms with Gasteiger partial charge in [0.2, 0.25) is 0 Å². The van der Waals surface area contributed by atoms with Crippen molar-refractivity contribution in [2.24, 2.45) is 0 Å². The Labute approximate surface area is 129 Å². The average molecular weight is 297 g/mol. The Morgan fingerprint density at radius 2 is 1.68 bits per heavy atom. The summed E-state index contributed by atoms with van der Waals surface area (Å²) in [5, 5.41) is 5.19. The zero-order valence-corrected chi connectivity index (χ0v) is 12.5. The van der Waals surface area contributed by atoms with E-state index in [0.717, 1.165) is 5.56 Å². The summed E-state index contributed by atoms with van der Waals surface area (Å²) in [5.74, 6) is -1.13. The van der Waals surface area contributed by atoms with Gasteiger partial charge < -0.3 is 10.6 Å². The van der Waals surface area contributed by atoms with Gasteiger partial charge in [0.25, 0.3) is 0 Å². The van der Waals surface area contributed by atoms with E-state index in [0.29, 0.717) is 12.2 Å². The van der Waals surface area contributed by atoms with Crippen LogP contribution in [0.25, 0.3) is 0 Å². The van der Waals surface area contributed by atoms with E-state index < -0.39 is 11.8 Å². The Bertz CT molecular complexity index is 614.